The third-order valence-corrected chi connectivity index (χ3v) is 3.59. The molecule has 1 aromatic carbocycles. The van der Waals surface area contributed by atoms with Crippen molar-refractivity contribution < 1.29 is 9.53 Å². The molecule has 0 saturated carbocycles. The Morgan fingerprint density at radius 3 is 2.67 bits per heavy atom. The third kappa shape index (κ3) is 3.52. The number of benzene rings is 1. The van der Waals surface area contributed by atoms with Crippen molar-refractivity contribution in [2.75, 3.05) is 14.2 Å². The van der Waals surface area contributed by atoms with E-state index in [1.807, 2.05) is 36.5 Å². The fraction of sp³-hybridized carbons (Fsp3) is 0.235. The fourth-order valence-corrected chi connectivity index (χ4v) is 2.40. The largest absolute Gasteiger partial charge is 0.362 e. The van der Waals surface area contributed by atoms with E-state index in [1.165, 1.54) is 0 Å². The zero-order valence-electron chi connectivity index (χ0n) is 13.7. The van der Waals surface area contributed by atoms with Crippen molar-refractivity contribution in [2.24, 2.45) is 0 Å². The molecule has 3 rings (SSSR count). The molecule has 0 atom stereocenters. The Bertz CT molecular complexity index is 793. The van der Waals surface area contributed by atoms with Gasteiger partial charge in [-0.1, -0.05) is 12.1 Å². The summed E-state index contributed by atoms with van der Waals surface area (Å²) in [6, 6.07) is 11.5. The highest BCUT2D eigenvalue weighted by Gasteiger charge is 2.15. The maximum atomic E-state index is 12.4. The van der Waals surface area contributed by atoms with Gasteiger partial charge in [0.05, 0.1) is 5.69 Å². The van der Waals surface area contributed by atoms with Gasteiger partial charge >= 0.3 is 0 Å². The van der Waals surface area contributed by atoms with Crippen molar-refractivity contribution in [3.05, 3.63) is 66.2 Å². The molecule has 7 heteroatoms. The maximum Gasteiger partial charge on any atom is 0.274 e. The maximum absolute atomic E-state index is 12.4. The number of rotatable bonds is 6. The highest BCUT2D eigenvalue weighted by Crippen LogP contribution is 2.11. The SMILES string of the molecule is COCn1ccc(C(=O)N(C)Cc2ccc(-n3cccn3)cc2)n1. The topological polar surface area (TPSA) is 65.2 Å². The Hall–Kier alpha value is -2.93. The highest BCUT2D eigenvalue weighted by molar-refractivity contribution is 5.91. The molecule has 2 aromatic heterocycles. The molecule has 0 aliphatic carbocycles. The van der Waals surface area contributed by atoms with E-state index >= 15 is 0 Å². The lowest BCUT2D eigenvalue weighted by molar-refractivity contribution is 0.0773. The number of nitrogens with zero attached hydrogens (tertiary/aromatic N) is 5. The van der Waals surface area contributed by atoms with Crippen LogP contribution in [0.5, 0.6) is 0 Å². The highest BCUT2D eigenvalue weighted by atomic mass is 16.5. The lowest BCUT2D eigenvalue weighted by Gasteiger charge is -2.16. The summed E-state index contributed by atoms with van der Waals surface area (Å²) in [7, 11) is 3.35. The zero-order chi connectivity index (χ0) is 16.9. The molecule has 0 aliphatic heterocycles. The van der Waals surface area contributed by atoms with Crippen LogP contribution in [0, 0.1) is 0 Å². The first kappa shape index (κ1) is 15.9. The first-order valence-electron chi connectivity index (χ1n) is 7.54. The Kier molecular flexibility index (Phi) is 4.72. The zero-order valence-corrected chi connectivity index (χ0v) is 13.7. The van der Waals surface area contributed by atoms with E-state index in [0.29, 0.717) is 19.0 Å². The number of aromatic nitrogens is 4. The molecule has 1 amide bonds. The molecule has 0 aliphatic rings. The molecule has 0 saturated heterocycles. The first-order valence-corrected chi connectivity index (χ1v) is 7.54. The molecule has 24 heavy (non-hydrogen) atoms. The molecule has 124 valence electrons. The van der Waals surface area contributed by atoms with Crippen molar-refractivity contribution in [2.45, 2.75) is 13.3 Å². The van der Waals surface area contributed by atoms with E-state index in [9.17, 15) is 4.79 Å². The van der Waals surface area contributed by atoms with Crippen molar-refractivity contribution in [3.63, 3.8) is 0 Å². The minimum absolute atomic E-state index is 0.124. The van der Waals surface area contributed by atoms with Crippen LogP contribution in [-0.2, 0) is 18.0 Å². The summed E-state index contributed by atoms with van der Waals surface area (Å²) in [6.45, 7) is 0.835. The van der Waals surface area contributed by atoms with E-state index in [1.54, 1.807) is 46.9 Å². The predicted octanol–water partition coefficient (Wildman–Crippen LogP) is 1.94. The Morgan fingerprint density at radius 1 is 1.21 bits per heavy atom. The molecule has 0 unspecified atom stereocenters. The van der Waals surface area contributed by atoms with Crippen LogP contribution in [-0.4, -0.2) is 44.5 Å². The monoisotopic (exact) mass is 325 g/mol. The van der Waals surface area contributed by atoms with E-state index < -0.39 is 0 Å². The molecule has 3 aromatic rings. The number of hydrogen-bond donors (Lipinski definition) is 0. The van der Waals surface area contributed by atoms with Gasteiger partial charge in [-0.15, -0.1) is 0 Å². The Balaban J connectivity index is 1.65. The number of methoxy groups -OCH3 is 1. The lowest BCUT2D eigenvalue weighted by atomic mass is 10.2. The number of amides is 1. The summed E-state index contributed by atoms with van der Waals surface area (Å²) in [5, 5.41) is 8.39. The van der Waals surface area contributed by atoms with Crippen molar-refractivity contribution in [1.29, 1.82) is 0 Å². The van der Waals surface area contributed by atoms with Crippen LogP contribution in [0.4, 0.5) is 0 Å². The van der Waals surface area contributed by atoms with Crippen LogP contribution >= 0.6 is 0 Å². The Labute approximate surface area is 140 Å². The normalized spacial score (nSPS) is 10.8. The molecular formula is C17H19N5O2. The standard InChI is InChI=1S/C17H19N5O2/c1-20(17(23)16-8-11-21(19-16)13-24-2)12-14-4-6-15(7-5-14)22-10-3-9-18-22/h3-11H,12-13H2,1-2H3. The van der Waals surface area contributed by atoms with Crippen LogP contribution in [0.15, 0.2) is 55.0 Å². The molecule has 0 N–H and O–H groups in total. The van der Waals surface area contributed by atoms with Gasteiger partial charge in [0.15, 0.2) is 0 Å². The van der Waals surface area contributed by atoms with E-state index in [-0.39, 0.29) is 5.91 Å². The van der Waals surface area contributed by atoms with Crippen molar-refractivity contribution in [1.82, 2.24) is 24.5 Å². The van der Waals surface area contributed by atoms with Crippen LogP contribution in [0.1, 0.15) is 16.1 Å². The van der Waals surface area contributed by atoms with Crippen LogP contribution in [0.2, 0.25) is 0 Å². The number of carbonyl (C=O) groups excluding carboxylic acids is 1. The minimum atomic E-state index is -0.124. The van der Waals surface area contributed by atoms with Gasteiger partial charge < -0.3 is 9.64 Å². The minimum Gasteiger partial charge on any atom is -0.362 e. The molecule has 0 spiro atoms. The predicted molar refractivity (Wildman–Crippen MR) is 88.6 cm³/mol. The number of ether oxygens (including phenoxy) is 1. The smallest absolute Gasteiger partial charge is 0.274 e. The number of carbonyl (C=O) groups is 1. The van der Waals surface area contributed by atoms with E-state index in [2.05, 4.69) is 10.2 Å². The average Bonchev–Trinajstić information content (AvgIpc) is 3.27. The second-order valence-electron chi connectivity index (χ2n) is 5.44. The van der Waals surface area contributed by atoms with Gasteiger partial charge in [0.2, 0.25) is 0 Å². The van der Waals surface area contributed by atoms with Crippen LogP contribution < -0.4 is 0 Å². The van der Waals surface area contributed by atoms with Gasteiger partial charge in [0.25, 0.3) is 5.91 Å². The summed E-state index contributed by atoms with van der Waals surface area (Å²) in [5.74, 6) is -0.124. The quantitative estimate of drug-likeness (QED) is 0.695. The van der Waals surface area contributed by atoms with E-state index in [0.717, 1.165) is 11.3 Å². The molecule has 0 bridgehead atoms. The van der Waals surface area contributed by atoms with Crippen molar-refractivity contribution >= 4 is 5.91 Å². The first-order chi connectivity index (χ1) is 11.7. The summed E-state index contributed by atoms with van der Waals surface area (Å²) < 4.78 is 8.36. The summed E-state index contributed by atoms with van der Waals surface area (Å²) >= 11 is 0. The fourth-order valence-electron chi connectivity index (χ4n) is 2.40. The van der Waals surface area contributed by atoms with Crippen molar-refractivity contribution in [3.8, 4) is 5.69 Å². The number of hydrogen-bond acceptors (Lipinski definition) is 4. The lowest BCUT2D eigenvalue weighted by Crippen LogP contribution is -2.26. The van der Waals surface area contributed by atoms with Gasteiger partial charge in [0, 0.05) is 39.3 Å². The summed E-state index contributed by atoms with van der Waals surface area (Å²) in [6.07, 6.45) is 5.35. The Morgan fingerprint density at radius 2 is 2.00 bits per heavy atom. The second kappa shape index (κ2) is 7.10. The summed E-state index contributed by atoms with van der Waals surface area (Å²) in [5.41, 5.74) is 2.43. The van der Waals surface area contributed by atoms with E-state index in [4.69, 9.17) is 4.74 Å². The third-order valence-electron chi connectivity index (χ3n) is 3.59. The van der Waals surface area contributed by atoms with Gasteiger partial charge in [-0.05, 0) is 29.8 Å². The van der Waals surface area contributed by atoms with Crippen LogP contribution in [0.25, 0.3) is 5.69 Å². The molecule has 7 nitrogen and oxygen atoms in total. The van der Waals surface area contributed by atoms with Gasteiger partial charge in [0.1, 0.15) is 12.4 Å². The van der Waals surface area contributed by atoms with Crippen LogP contribution in [0.3, 0.4) is 0 Å². The molecule has 0 radical (unpaired) electrons. The second-order valence-corrected chi connectivity index (χ2v) is 5.44. The van der Waals surface area contributed by atoms with Gasteiger partial charge in [-0.3, -0.25) is 4.79 Å². The molecular weight excluding hydrogens is 306 g/mol. The van der Waals surface area contributed by atoms with Gasteiger partial charge in [-0.2, -0.15) is 10.2 Å². The van der Waals surface area contributed by atoms with Gasteiger partial charge in [-0.25, -0.2) is 9.36 Å². The molecule has 0 fully saturated rings. The molecule has 2 heterocycles. The average molecular weight is 325 g/mol. The summed E-state index contributed by atoms with van der Waals surface area (Å²) in [4.78, 5) is 14.1.